The van der Waals surface area contributed by atoms with Gasteiger partial charge in [0.1, 0.15) is 6.73 Å². The highest BCUT2D eigenvalue weighted by Crippen LogP contribution is 2.38. The van der Waals surface area contributed by atoms with E-state index in [0.29, 0.717) is 25.8 Å². The number of likely N-dealkylation sites (tertiary alicyclic amines) is 1. The molecular weight excluding hydrogens is 482 g/mol. The van der Waals surface area contributed by atoms with Gasteiger partial charge in [-0.3, -0.25) is 0 Å². The Labute approximate surface area is 223 Å². The van der Waals surface area contributed by atoms with Gasteiger partial charge in [0.05, 0.1) is 18.8 Å². The zero-order valence-corrected chi connectivity index (χ0v) is 24.0. The average Bonchev–Trinajstić information content (AvgIpc) is 3.34. The van der Waals surface area contributed by atoms with E-state index in [0.717, 1.165) is 50.4 Å². The summed E-state index contributed by atoms with van der Waals surface area (Å²) in [6, 6.07) is 13.7. The summed E-state index contributed by atoms with van der Waals surface area (Å²) in [6.45, 7) is 11.3. The Balaban J connectivity index is 1.40. The number of hydrogen-bond acceptors (Lipinski definition) is 4. The molecular formula is C29H45N3O4Si. The molecule has 2 heterocycles. The third-order valence-corrected chi connectivity index (χ3v) is 9.77. The molecule has 0 unspecified atom stereocenters. The molecule has 1 aromatic heterocycles. The van der Waals surface area contributed by atoms with E-state index < -0.39 is 14.2 Å². The van der Waals surface area contributed by atoms with Crippen LogP contribution in [0.5, 0.6) is 0 Å². The fourth-order valence-corrected chi connectivity index (χ4v) is 6.67. The van der Waals surface area contributed by atoms with Crippen LogP contribution in [0.1, 0.15) is 62.1 Å². The minimum absolute atomic E-state index is 0.0311. The van der Waals surface area contributed by atoms with E-state index in [1.807, 2.05) is 16.9 Å². The first-order valence-corrected chi connectivity index (χ1v) is 17.7. The minimum Gasteiger partial charge on any atom is -0.465 e. The van der Waals surface area contributed by atoms with Crippen LogP contribution in [-0.4, -0.2) is 65.9 Å². The molecule has 2 aliphatic rings. The third-order valence-electron chi connectivity index (χ3n) is 8.06. The van der Waals surface area contributed by atoms with Gasteiger partial charge in [0.25, 0.3) is 0 Å². The number of aromatic nitrogens is 2. The van der Waals surface area contributed by atoms with E-state index in [-0.39, 0.29) is 24.0 Å². The van der Waals surface area contributed by atoms with Crippen molar-refractivity contribution >= 4 is 14.2 Å². The van der Waals surface area contributed by atoms with Gasteiger partial charge in [-0.25, -0.2) is 9.48 Å². The van der Waals surface area contributed by atoms with Crippen molar-refractivity contribution in [1.82, 2.24) is 14.7 Å². The minimum atomic E-state index is -1.16. The first-order chi connectivity index (χ1) is 17.7. The molecule has 2 aromatic rings. The van der Waals surface area contributed by atoms with E-state index in [1.165, 1.54) is 5.56 Å². The summed E-state index contributed by atoms with van der Waals surface area (Å²) in [5, 5.41) is 14.6. The van der Waals surface area contributed by atoms with E-state index in [4.69, 9.17) is 9.47 Å². The molecule has 1 amide bonds. The normalized spacial score (nSPS) is 26.8. The zero-order chi connectivity index (χ0) is 26.4. The van der Waals surface area contributed by atoms with Crippen molar-refractivity contribution in [2.45, 2.75) is 95.4 Å². The molecule has 0 spiro atoms. The summed E-state index contributed by atoms with van der Waals surface area (Å²) in [5.74, 6) is 0.897. The lowest BCUT2D eigenvalue weighted by atomic mass is 9.81. The van der Waals surface area contributed by atoms with Gasteiger partial charge < -0.3 is 19.5 Å². The summed E-state index contributed by atoms with van der Waals surface area (Å²) in [5.41, 5.74) is 2.46. The molecule has 1 saturated carbocycles. The first kappa shape index (κ1) is 27.9. The summed E-state index contributed by atoms with van der Waals surface area (Å²) in [4.78, 5) is 13.9. The lowest BCUT2D eigenvalue weighted by Gasteiger charge is -2.43. The SMILES string of the molecule is C[C@H]1C[C@H](c2ccnn2COCC[Si](C)(C)C)[C@H](COC2CCC(c3ccccc3)CC2)N(C(=O)O)C1. The number of carbonyl (C=O) groups is 1. The summed E-state index contributed by atoms with van der Waals surface area (Å²) < 4.78 is 14.4. The van der Waals surface area contributed by atoms with Crippen LogP contribution >= 0.6 is 0 Å². The van der Waals surface area contributed by atoms with E-state index in [9.17, 15) is 9.90 Å². The Morgan fingerprint density at radius 1 is 1.11 bits per heavy atom. The third kappa shape index (κ3) is 7.68. The molecule has 37 heavy (non-hydrogen) atoms. The number of rotatable bonds is 10. The van der Waals surface area contributed by atoms with E-state index in [1.54, 1.807) is 4.90 Å². The van der Waals surface area contributed by atoms with Crippen LogP contribution in [0.3, 0.4) is 0 Å². The van der Waals surface area contributed by atoms with Crippen molar-refractivity contribution < 1.29 is 19.4 Å². The second-order valence-electron chi connectivity index (χ2n) is 12.3. The average molecular weight is 528 g/mol. The monoisotopic (exact) mass is 527 g/mol. The van der Waals surface area contributed by atoms with Gasteiger partial charge in [-0.05, 0) is 61.6 Å². The number of piperidine rings is 1. The molecule has 1 saturated heterocycles. The molecule has 1 aliphatic heterocycles. The van der Waals surface area contributed by atoms with Gasteiger partial charge in [0.2, 0.25) is 0 Å². The fourth-order valence-electron chi connectivity index (χ4n) is 5.92. The Hall–Kier alpha value is -2.16. The molecule has 1 aliphatic carbocycles. The maximum atomic E-state index is 12.3. The molecule has 2 fully saturated rings. The van der Waals surface area contributed by atoms with Crippen LogP contribution in [0.25, 0.3) is 0 Å². The van der Waals surface area contributed by atoms with Crippen molar-refractivity contribution in [3.63, 3.8) is 0 Å². The van der Waals surface area contributed by atoms with Crippen molar-refractivity contribution in [3.05, 3.63) is 53.9 Å². The van der Waals surface area contributed by atoms with Crippen LogP contribution in [0.15, 0.2) is 42.6 Å². The number of benzene rings is 1. The maximum absolute atomic E-state index is 12.3. The largest absolute Gasteiger partial charge is 0.465 e. The predicted octanol–water partition coefficient (Wildman–Crippen LogP) is 6.41. The van der Waals surface area contributed by atoms with Gasteiger partial charge in [-0.1, -0.05) is 56.9 Å². The van der Waals surface area contributed by atoms with Crippen molar-refractivity contribution in [2.75, 3.05) is 19.8 Å². The highest BCUT2D eigenvalue weighted by atomic mass is 28.3. The van der Waals surface area contributed by atoms with Crippen LogP contribution in [0, 0.1) is 5.92 Å². The highest BCUT2D eigenvalue weighted by molar-refractivity contribution is 6.76. The van der Waals surface area contributed by atoms with Gasteiger partial charge >= 0.3 is 6.09 Å². The van der Waals surface area contributed by atoms with Gasteiger partial charge in [0, 0.05) is 39.0 Å². The van der Waals surface area contributed by atoms with E-state index >= 15 is 0 Å². The summed E-state index contributed by atoms with van der Waals surface area (Å²) in [6.07, 6.45) is 6.31. The Morgan fingerprint density at radius 3 is 2.51 bits per heavy atom. The van der Waals surface area contributed by atoms with Gasteiger partial charge in [0.15, 0.2) is 0 Å². The topological polar surface area (TPSA) is 76.8 Å². The first-order valence-electron chi connectivity index (χ1n) is 14.0. The quantitative estimate of drug-likeness (QED) is 0.285. The standard InChI is InChI=1S/C29H45N3O4Si/c1-22-18-26(27-14-15-30-32(27)21-35-16-17-37(2,3)4)28(31(19-22)29(33)34)20-36-25-12-10-24(11-13-25)23-8-6-5-7-9-23/h5-9,14-15,22,24-26,28H,10-13,16-21H2,1-4H3,(H,33,34)/t22-,24?,25?,26+,28-/m0/s1. The molecule has 3 atom stereocenters. The number of nitrogens with zero attached hydrogens (tertiary/aromatic N) is 3. The Bertz CT molecular complexity index is 985. The molecule has 1 N–H and O–H groups in total. The fraction of sp³-hybridized carbons (Fsp3) is 0.655. The molecule has 4 rings (SSSR count). The zero-order valence-electron chi connectivity index (χ0n) is 23.0. The summed E-state index contributed by atoms with van der Waals surface area (Å²) >= 11 is 0. The van der Waals surface area contributed by atoms with Gasteiger partial charge in [-0.2, -0.15) is 5.10 Å². The van der Waals surface area contributed by atoms with Crippen molar-refractivity contribution in [2.24, 2.45) is 5.92 Å². The van der Waals surface area contributed by atoms with Crippen LogP contribution in [-0.2, 0) is 16.2 Å². The Kier molecular flexibility index (Phi) is 9.48. The molecule has 204 valence electrons. The summed E-state index contributed by atoms with van der Waals surface area (Å²) in [7, 11) is -1.16. The number of ether oxygens (including phenoxy) is 2. The second-order valence-corrected chi connectivity index (χ2v) is 17.9. The molecule has 0 radical (unpaired) electrons. The Morgan fingerprint density at radius 2 is 1.84 bits per heavy atom. The van der Waals surface area contributed by atoms with Crippen LogP contribution in [0.2, 0.25) is 25.7 Å². The van der Waals surface area contributed by atoms with Crippen molar-refractivity contribution in [1.29, 1.82) is 0 Å². The second kappa shape index (κ2) is 12.6. The number of hydrogen-bond donors (Lipinski definition) is 1. The molecule has 7 nitrogen and oxygen atoms in total. The smallest absolute Gasteiger partial charge is 0.407 e. The van der Waals surface area contributed by atoms with Crippen LogP contribution < -0.4 is 0 Å². The lowest BCUT2D eigenvalue weighted by molar-refractivity contribution is -0.0296. The molecule has 0 bridgehead atoms. The molecule has 8 heteroatoms. The van der Waals surface area contributed by atoms with Gasteiger partial charge in [-0.15, -0.1) is 0 Å². The highest BCUT2D eigenvalue weighted by Gasteiger charge is 2.40. The molecule has 1 aromatic carbocycles. The predicted molar refractivity (Wildman–Crippen MR) is 149 cm³/mol. The van der Waals surface area contributed by atoms with Crippen molar-refractivity contribution in [3.8, 4) is 0 Å². The lowest BCUT2D eigenvalue weighted by Crippen LogP contribution is -2.52. The van der Waals surface area contributed by atoms with E-state index in [2.05, 4.69) is 62.0 Å². The van der Waals surface area contributed by atoms with Crippen LogP contribution in [0.4, 0.5) is 4.79 Å². The number of amides is 1. The maximum Gasteiger partial charge on any atom is 0.407 e. The number of carboxylic acid groups (broad SMARTS) is 1.